The number of hydrogen-bond donors (Lipinski definition) is 3. The fourth-order valence-corrected chi connectivity index (χ4v) is 2.80. The van der Waals surface area contributed by atoms with Crippen molar-refractivity contribution in [2.45, 2.75) is 39.0 Å². The highest BCUT2D eigenvalue weighted by Crippen LogP contribution is 2.17. The lowest BCUT2D eigenvalue weighted by Crippen LogP contribution is -2.31. The first kappa shape index (κ1) is 17.5. The quantitative estimate of drug-likeness (QED) is 0.635. The molecule has 1 aliphatic heterocycles. The lowest BCUT2D eigenvalue weighted by Gasteiger charge is -2.22. The Kier molecular flexibility index (Phi) is 7.13. The summed E-state index contributed by atoms with van der Waals surface area (Å²) in [6.45, 7) is 5.08. The van der Waals surface area contributed by atoms with Gasteiger partial charge in [-0.1, -0.05) is 0 Å². The van der Waals surface area contributed by atoms with Crippen molar-refractivity contribution in [2.75, 3.05) is 26.2 Å². The molecule has 1 aliphatic rings. The first-order valence-electron chi connectivity index (χ1n) is 8.46. The molecule has 0 radical (unpaired) electrons. The Bertz CT molecular complexity index is 507. The van der Waals surface area contributed by atoms with Gasteiger partial charge in [-0.3, -0.25) is 9.59 Å². The van der Waals surface area contributed by atoms with E-state index in [2.05, 4.69) is 16.0 Å². The first-order chi connectivity index (χ1) is 11.2. The zero-order valence-electron chi connectivity index (χ0n) is 13.8. The normalized spacial score (nSPS) is 15.3. The Hall–Kier alpha value is -1.82. The molecule has 0 spiro atoms. The number of furan rings is 1. The molecule has 1 fully saturated rings. The van der Waals surface area contributed by atoms with E-state index in [9.17, 15) is 9.59 Å². The van der Waals surface area contributed by atoms with E-state index in [1.807, 2.05) is 6.92 Å². The van der Waals surface area contributed by atoms with Crippen LogP contribution < -0.4 is 16.0 Å². The molecule has 0 aromatic carbocycles. The van der Waals surface area contributed by atoms with Gasteiger partial charge in [0.15, 0.2) is 5.76 Å². The molecule has 2 amide bonds. The van der Waals surface area contributed by atoms with E-state index in [1.165, 1.54) is 19.1 Å². The maximum Gasteiger partial charge on any atom is 0.287 e. The maximum atomic E-state index is 11.8. The molecule has 128 valence electrons. The number of rotatable bonds is 8. The van der Waals surface area contributed by atoms with Gasteiger partial charge in [0.2, 0.25) is 5.91 Å². The first-order valence-corrected chi connectivity index (χ1v) is 8.46. The Morgan fingerprint density at radius 1 is 1.26 bits per heavy atom. The molecular formula is C17H27N3O3. The third kappa shape index (κ3) is 6.06. The van der Waals surface area contributed by atoms with E-state index in [0.29, 0.717) is 37.6 Å². The van der Waals surface area contributed by atoms with Crippen LogP contribution in [0.15, 0.2) is 16.7 Å². The molecule has 0 aliphatic carbocycles. The largest absolute Gasteiger partial charge is 0.459 e. The van der Waals surface area contributed by atoms with Crippen LogP contribution in [0.25, 0.3) is 0 Å². The van der Waals surface area contributed by atoms with Gasteiger partial charge in [-0.05, 0) is 57.7 Å². The fraction of sp³-hybridized carbons (Fsp3) is 0.647. The van der Waals surface area contributed by atoms with Crippen molar-refractivity contribution >= 4 is 11.8 Å². The van der Waals surface area contributed by atoms with Gasteiger partial charge >= 0.3 is 0 Å². The predicted octanol–water partition coefficient (Wildman–Crippen LogP) is 1.60. The molecule has 1 aromatic rings. The zero-order chi connectivity index (χ0) is 16.5. The molecule has 0 unspecified atom stereocenters. The maximum absolute atomic E-state index is 11.8. The molecule has 2 rings (SSSR count). The van der Waals surface area contributed by atoms with Gasteiger partial charge in [-0.2, -0.15) is 0 Å². The van der Waals surface area contributed by atoms with Gasteiger partial charge in [-0.25, -0.2) is 0 Å². The molecule has 6 nitrogen and oxygen atoms in total. The molecule has 0 atom stereocenters. The smallest absolute Gasteiger partial charge is 0.287 e. The topological polar surface area (TPSA) is 83.4 Å². The Morgan fingerprint density at radius 3 is 2.70 bits per heavy atom. The van der Waals surface area contributed by atoms with Crippen molar-refractivity contribution in [3.63, 3.8) is 0 Å². The highest BCUT2D eigenvalue weighted by atomic mass is 16.3. The van der Waals surface area contributed by atoms with E-state index < -0.39 is 0 Å². The number of nitrogens with one attached hydrogen (secondary N) is 3. The van der Waals surface area contributed by atoms with Crippen LogP contribution in [0, 0.1) is 12.8 Å². The Morgan fingerprint density at radius 2 is 2.00 bits per heavy atom. The molecule has 3 N–H and O–H groups in total. The third-order valence-electron chi connectivity index (χ3n) is 4.27. The minimum Gasteiger partial charge on any atom is -0.459 e. The molecule has 1 saturated heterocycles. The van der Waals surface area contributed by atoms with Gasteiger partial charge in [0.25, 0.3) is 5.91 Å². The summed E-state index contributed by atoms with van der Waals surface area (Å²) in [6.07, 6.45) is 6.14. The summed E-state index contributed by atoms with van der Waals surface area (Å²) in [4.78, 5) is 23.6. The van der Waals surface area contributed by atoms with Gasteiger partial charge in [-0.15, -0.1) is 0 Å². The van der Waals surface area contributed by atoms with Crippen molar-refractivity contribution in [1.29, 1.82) is 0 Å². The second-order valence-electron chi connectivity index (χ2n) is 6.12. The number of carbonyl (C=O) groups is 2. The van der Waals surface area contributed by atoms with E-state index in [0.717, 1.165) is 25.1 Å². The summed E-state index contributed by atoms with van der Waals surface area (Å²) >= 11 is 0. The number of hydrogen-bond acceptors (Lipinski definition) is 4. The lowest BCUT2D eigenvalue weighted by molar-refractivity contribution is -0.121. The predicted molar refractivity (Wildman–Crippen MR) is 88.2 cm³/mol. The highest BCUT2D eigenvalue weighted by Gasteiger charge is 2.14. The van der Waals surface area contributed by atoms with Crippen molar-refractivity contribution in [3.8, 4) is 0 Å². The van der Waals surface area contributed by atoms with E-state index >= 15 is 0 Å². The van der Waals surface area contributed by atoms with E-state index in [4.69, 9.17) is 4.42 Å². The van der Waals surface area contributed by atoms with Crippen LogP contribution >= 0.6 is 0 Å². The average molecular weight is 321 g/mol. The summed E-state index contributed by atoms with van der Waals surface area (Å²) in [5.41, 5.74) is 0.828. The summed E-state index contributed by atoms with van der Waals surface area (Å²) < 4.78 is 5.12. The minimum absolute atomic E-state index is 0.108. The van der Waals surface area contributed by atoms with Crippen LogP contribution in [0.4, 0.5) is 0 Å². The molecule has 6 heteroatoms. The van der Waals surface area contributed by atoms with Crippen LogP contribution in [0.2, 0.25) is 0 Å². The van der Waals surface area contributed by atoms with Gasteiger partial charge in [0.1, 0.15) is 0 Å². The van der Waals surface area contributed by atoms with Crippen LogP contribution in [0.3, 0.4) is 0 Å². The Labute approximate surface area is 137 Å². The van der Waals surface area contributed by atoms with E-state index in [-0.39, 0.29) is 11.8 Å². The summed E-state index contributed by atoms with van der Waals surface area (Å²) in [6, 6.07) is 1.76. The van der Waals surface area contributed by atoms with Gasteiger partial charge in [0.05, 0.1) is 6.26 Å². The Balaban J connectivity index is 1.50. The molecule has 0 saturated carbocycles. The second-order valence-corrected chi connectivity index (χ2v) is 6.12. The molecule has 2 heterocycles. The van der Waals surface area contributed by atoms with Gasteiger partial charge < -0.3 is 20.4 Å². The summed E-state index contributed by atoms with van der Waals surface area (Å²) in [5.74, 6) is 0.940. The number of amides is 2. The summed E-state index contributed by atoms with van der Waals surface area (Å²) in [7, 11) is 0. The highest BCUT2D eigenvalue weighted by molar-refractivity contribution is 5.92. The number of carbonyl (C=O) groups excluding carboxylic acids is 2. The SMILES string of the molecule is Cc1ccoc1C(=O)NCCCNC(=O)CCC1CCNCC1. The van der Waals surface area contributed by atoms with Crippen LogP contribution in [-0.4, -0.2) is 38.0 Å². The molecular weight excluding hydrogens is 294 g/mol. The third-order valence-corrected chi connectivity index (χ3v) is 4.27. The van der Waals surface area contributed by atoms with Crippen LogP contribution in [-0.2, 0) is 4.79 Å². The van der Waals surface area contributed by atoms with Crippen molar-refractivity contribution in [3.05, 3.63) is 23.7 Å². The number of aryl methyl sites for hydroxylation is 1. The standard InChI is InChI=1S/C17H27N3O3/c1-13-7-12-23-16(13)17(22)20-9-2-8-19-15(21)4-3-14-5-10-18-11-6-14/h7,12,14,18H,2-6,8-11H2,1H3,(H,19,21)(H,20,22). The molecule has 0 bridgehead atoms. The summed E-state index contributed by atoms with van der Waals surface area (Å²) in [5, 5.41) is 9.04. The van der Waals surface area contributed by atoms with Crippen molar-refractivity contribution < 1.29 is 14.0 Å². The zero-order valence-corrected chi connectivity index (χ0v) is 13.8. The molecule has 1 aromatic heterocycles. The average Bonchev–Trinajstić information content (AvgIpc) is 2.99. The lowest BCUT2D eigenvalue weighted by atomic mass is 9.93. The van der Waals surface area contributed by atoms with Crippen molar-refractivity contribution in [2.24, 2.45) is 5.92 Å². The molecule has 23 heavy (non-hydrogen) atoms. The van der Waals surface area contributed by atoms with Gasteiger partial charge in [0, 0.05) is 25.1 Å². The van der Waals surface area contributed by atoms with Crippen molar-refractivity contribution in [1.82, 2.24) is 16.0 Å². The minimum atomic E-state index is -0.204. The van der Waals surface area contributed by atoms with Crippen LogP contribution in [0.1, 0.15) is 48.2 Å². The fourth-order valence-electron chi connectivity index (χ4n) is 2.80. The van der Waals surface area contributed by atoms with Crippen LogP contribution in [0.5, 0.6) is 0 Å². The second kappa shape index (κ2) is 9.35. The van der Waals surface area contributed by atoms with E-state index in [1.54, 1.807) is 6.07 Å². The number of piperidine rings is 1. The monoisotopic (exact) mass is 321 g/mol.